The number of hydrogen-bond donors (Lipinski definition) is 0. The SMILES string of the molecule is C=CCOC(=O)N1CC(CC(F)F)C1. The lowest BCUT2D eigenvalue weighted by atomic mass is 9.97. The van der Waals surface area contributed by atoms with Crippen molar-refractivity contribution in [3.63, 3.8) is 0 Å². The average Bonchev–Trinajstić information content (AvgIpc) is 2.06. The summed E-state index contributed by atoms with van der Waals surface area (Å²) in [6, 6.07) is 0. The van der Waals surface area contributed by atoms with Crippen LogP contribution in [0.15, 0.2) is 12.7 Å². The van der Waals surface area contributed by atoms with Crippen molar-refractivity contribution < 1.29 is 18.3 Å². The quantitative estimate of drug-likeness (QED) is 0.656. The predicted molar refractivity (Wildman–Crippen MR) is 47.2 cm³/mol. The highest BCUT2D eigenvalue weighted by molar-refractivity contribution is 5.68. The van der Waals surface area contributed by atoms with Gasteiger partial charge in [0.2, 0.25) is 6.43 Å². The van der Waals surface area contributed by atoms with Gasteiger partial charge in [-0.05, 0) is 5.92 Å². The Labute approximate surface area is 81.3 Å². The molecule has 0 saturated carbocycles. The number of carbonyl (C=O) groups is 1. The van der Waals surface area contributed by atoms with Crippen molar-refractivity contribution in [2.75, 3.05) is 19.7 Å². The first-order valence-electron chi connectivity index (χ1n) is 4.44. The van der Waals surface area contributed by atoms with Crippen LogP contribution >= 0.6 is 0 Å². The number of ether oxygens (including phenoxy) is 1. The summed E-state index contributed by atoms with van der Waals surface area (Å²) in [5.74, 6) is -0.0775. The maximum Gasteiger partial charge on any atom is 0.410 e. The predicted octanol–water partition coefficient (Wildman–Crippen LogP) is 1.90. The average molecular weight is 205 g/mol. The zero-order chi connectivity index (χ0) is 10.6. The fraction of sp³-hybridized carbons (Fsp3) is 0.667. The normalized spacial score (nSPS) is 16.6. The third-order valence-corrected chi connectivity index (χ3v) is 2.05. The van der Waals surface area contributed by atoms with Crippen molar-refractivity contribution >= 4 is 6.09 Å². The standard InChI is InChI=1S/C9H13F2NO2/c1-2-3-14-9(13)12-5-7(6-12)4-8(10)11/h2,7-8H,1,3-6H2. The summed E-state index contributed by atoms with van der Waals surface area (Å²) < 4.78 is 28.5. The second-order valence-electron chi connectivity index (χ2n) is 3.26. The van der Waals surface area contributed by atoms with E-state index in [-0.39, 0.29) is 18.9 Å². The van der Waals surface area contributed by atoms with E-state index < -0.39 is 12.5 Å². The molecule has 0 atom stereocenters. The van der Waals surface area contributed by atoms with Crippen LogP contribution in [0, 0.1) is 5.92 Å². The molecule has 3 nitrogen and oxygen atoms in total. The number of nitrogens with zero attached hydrogens (tertiary/aromatic N) is 1. The van der Waals surface area contributed by atoms with Crippen molar-refractivity contribution in [1.29, 1.82) is 0 Å². The van der Waals surface area contributed by atoms with Gasteiger partial charge in [0.25, 0.3) is 0 Å². The molecular formula is C9H13F2NO2. The van der Waals surface area contributed by atoms with Crippen molar-refractivity contribution in [3.05, 3.63) is 12.7 Å². The van der Waals surface area contributed by atoms with Gasteiger partial charge in [0.1, 0.15) is 6.61 Å². The molecular weight excluding hydrogens is 192 g/mol. The minimum Gasteiger partial charge on any atom is -0.445 e. The van der Waals surface area contributed by atoms with Crippen LogP contribution in [0.5, 0.6) is 0 Å². The first-order valence-corrected chi connectivity index (χ1v) is 4.44. The first-order chi connectivity index (χ1) is 6.63. The fourth-order valence-electron chi connectivity index (χ4n) is 1.34. The Morgan fingerprint density at radius 2 is 2.29 bits per heavy atom. The Kier molecular flexibility index (Phi) is 3.85. The van der Waals surface area contributed by atoms with E-state index in [4.69, 9.17) is 4.74 Å². The minimum absolute atomic E-state index is 0.0775. The van der Waals surface area contributed by atoms with E-state index in [1.165, 1.54) is 11.0 Å². The third kappa shape index (κ3) is 2.97. The number of amides is 1. The summed E-state index contributed by atoms with van der Waals surface area (Å²) in [5.41, 5.74) is 0. The van der Waals surface area contributed by atoms with Gasteiger partial charge in [0, 0.05) is 19.5 Å². The largest absolute Gasteiger partial charge is 0.445 e. The molecule has 0 aromatic rings. The molecule has 1 aliphatic rings. The molecule has 0 spiro atoms. The summed E-state index contributed by atoms with van der Waals surface area (Å²) in [5, 5.41) is 0. The molecule has 0 radical (unpaired) electrons. The smallest absolute Gasteiger partial charge is 0.410 e. The van der Waals surface area contributed by atoms with Gasteiger partial charge >= 0.3 is 6.09 Å². The topological polar surface area (TPSA) is 29.5 Å². The van der Waals surface area contributed by atoms with Gasteiger partial charge in [-0.3, -0.25) is 0 Å². The van der Waals surface area contributed by atoms with Crippen LogP contribution in [0.3, 0.4) is 0 Å². The summed E-state index contributed by atoms with van der Waals surface area (Å²) in [7, 11) is 0. The lowest BCUT2D eigenvalue weighted by molar-refractivity contribution is 0.0274. The summed E-state index contributed by atoms with van der Waals surface area (Å²) in [6.45, 7) is 4.31. The maximum atomic E-state index is 11.9. The summed E-state index contributed by atoms with van der Waals surface area (Å²) >= 11 is 0. The van der Waals surface area contributed by atoms with Gasteiger partial charge in [-0.1, -0.05) is 12.7 Å². The molecule has 1 aliphatic heterocycles. The molecule has 1 saturated heterocycles. The summed E-state index contributed by atoms with van der Waals surface area (Å²) in [6.07, 6.45) is -1.40. The van der Waals surface area contributed by atoms with E-state index in [0.29, 0.717) is 13.1 Å². The molecule has 1 heterocycles. The Morgan fingerprint density at radius 1 is 1.64 bits per heavy atom. The molecule has 0 aliphatic carbocycles. The van der Waals surface area contributed by atoms with Gasteiger partial charge in [-0.25, -0.2) is 13.6 Å². The Hall–Kier alpha value is -1.13. The highest BCUT2D eigenvalue weighted by atomic mass is 19.3. The van der Waals surface area contributed by atoms with Gasteiger partial charge in [-0.15, -0.1) is 0 Å². The van der Waals surface area contributed by atoms with Crippen LogP contribution in [0.25, 0.3) is 0 Å². The molecule has 1 rings (SSSR count). The molecule has 0 aromatic carbocycles. The van der Waals surface area contributed by atoms with Gasteiger partial charge in [0.15, 0.2) is 0 Å². The lowest BCUT2D eigenvalue weighted by Gasteiger charge is -2.38. The van der Waals surface area contributed by atoms with Crippen LogP contribution < -0.4 is 0 Å². The molecule has 14 heavy (non-hydrogen) atoms. The second kappa shape index (κ2) is 4.93. The number of halogens is 2. The van der Waals surface area contributed by atoms with E-state index in [0.717, 1.165) is 0 Å². The third-order valence-electron chi connectivity index (χ3n) is 2.05. The molecule has 0 N–H and O–H groups in total. The van der Waals surface area contributed by atoms with Crippen LogP contribution in [0.1, 0.15) is 6.42 Å². The van der Waals surface area contributed by atoms with Gasteiger partial charge < -0.3 is 9.64 Å². The van der Waals surface area contributed by atoms with Gasteiger partial charge in [-0.2, -0.15) is 0 Å². The highest BCUT2D eigenvalue weighted by Gasteiger charge is 2.33. The van der Waals surface area contributed by atoms with E-state index in [9.17, 15) is 13.6 Å². The lowest BCUT2D eigenvalue weighted by Crippen LogP contribution is -2.50. The van der Waals surface area contributed by atoms with Gasteiger partial charge in [0.05, 0.1) is 0 Å². The molecule has 1 amide bonds. The zero-order valence-electron chi connectivity index (χ0n) is 7.79. The first kappa shape index (κ1) is 10.9. The fourth-order valence-corrected chi connectivity index (χ4v) is 1.34. The molecule has 0 bridgehead atoms. The van der Waals surface area contributed by atoms with E-state index >= 15 is 0 Å². The van der Waals surface area contributed by atoms with E-state index in [2.05, 4.69) is 6.58 Å². The molecule has 1 fully saturated rings. The maximum absolute atomic E-state index is 11.9. The number of rotatable bonds is 4. The van der Waals surface area contributed by atoms with E-state index in [1.807, 2.05) is 0 Å². The van der Waals surface area contributed by atoms with E-state index in [1.54, 1.807) is 0 Å². The van der Waals surface area contributed by atoms with Crippen LogP contribution in [-0.2, 0) is 4.74 Å². The minimum atomic E-state index is -2.29. The number of likely N-dealkylation sites (tertiary alicyclic amines) is 1. The van der Waals surface area contributed by atoms with Crippen LogP contribution in [0.2, 0.25) is 0 Å². The van der Waals surface area contributed by atoms with Crippen molar-refractivity contribution in [1.82, 2.24) is 4.90 Å². The Morgan fingerprint density at radius 3 is 2.79 bits per heavy atom. The highest BCUT2D eigenvalue weighted by Crippen LogP contribution is 2.22. The van der Waals surface area contributed by atoms with Crippen molar-refractivity contribution in [2.24, 2.45) is 5.92 Å². The number of alkyl halides is 2. The molecule has 0 unspecified atom stereocenters. The zero-order valence-corrected chi connectivity index (χ0v) is 7.79. The second-order valence-corrected chi connectivity index (χ2v) is 3.26. The molecule has 80 valence electrons. The number of hydrogen-bond acceptors (Lipinski definition) is 2. The summed E-state index contributed by atoms with van der Waals surface area (Å²) in [4.78, 5) is 12.5. The molecule has 0 aromatic heterocycles. The Bertz CT molecular complexity index is 215. The number of carbonyl (C=O) groups excluding carboxylic acids is 1. The van der Waals surface area contributed by atoms with Crippen molar-refractivity contribution in [3.8, 4) is 0 Å². The van der Waals surface area contributed by atoms with Crippen LogP contribution in [-0.4, -0.2) is 37.1 Å². The Balaban J connectivity index is 2.14. The molecule has 5 heteroatoms. The van der Waals surface area contributed by atoms with Crippen LogP contribution in [0.4, 0.5) is 13.6 Å². The monoisotopic (exact) mass is 205 g/mol. The van der Waals surface area contributed by atoms with Crippen molar-refractivity contribution in [2.45, 2.75) is 12.8 Å².